The van der Waals surface area contributed by atoms with Crippen molar-refractivity contribution in [1.29, 1.82) is 0 Å². The second-order valence-electron chi connectivity index (χ2n) is 2.30. The van der Waals surface area contributed by atoms with Crippen LogP contribution in [-0.2, 0) is 0 Å². The number of halogens is 1. The summed E-state index contributed by atoms with van der Waals surface area (Å²) in [5.74, 6) is -0.956. The largest absolute Gasteiger partial charge is 0.478 e. The monoisotopic (exact) mass is 241 g/mol. The van der Waals surface area contributed by atoms with Gasteiger partial charge in [-0.15, -0.1) is 0 Å². The van der Waals surface area contributed by atoms with Crippen LogP contribution in [0.3, 0.4) is 0 Å². The van der Waals surface area contributed by atoms with E-state index in [0.717, 1.165) is 0 Å². The van der Waals surface area contributed by atoms with E-state index in [0.29, 0.717) is 11.0 Å². The third kappa shape index (κ3) is 2.66. The quantitative estimate of drug-likeness (QED) is 0.826. The van der Waals surface area contributed by atoms with Crippen LogP contribution in [0.4, 0.5) is 0 Å². The summed E-state index contributed by atoms with van der Waals surface area (Å²) in [7, 11) is 0. The maximum atomic E-state index is 10.7. The zero-order valence-corrected chi connectivity index (χ0v) is 8.36. The summed E-state index contributed by atoms with van der Waals surface area (Å²) in [6, 6.07) is 3.14. The Kier molecular flexibility index (Phi) is 3.64. The number of allylic oxidation sites excluding steroid dienone is 1. The van der Waals surface area contributed by atoms with Crippen LogP contribution >= 0.6 is 15.9 Å². The van der Waals surface area contributed by atoms with E-state index < -0.39 is 5.97 Å². The fraction of sp³-hybridized carbons (Fsp3) is 0.111. The zero-order valence-electron chi connectivity index (χ0n) is 6.77. The second-order valence-corrected chi connectivity index (χ2v) is 2.95. The SMILES string of the molecule is O=C(O)c1cccnc1C=CCBr. The van der Waals surface area contributed by atoms with Crippen molar-refractivity contribution in [2.75, 3.05) is 5.33 Å². The van der Waals surface area contributed by atoms with Crippen LogP contribution in [0.2, 0.25) is 0 Å². The van der Waals surface area contributed by atoms with Gasteiger partial charge in [0.15, 0.2) is 0 Å². The summed E-state index contributed by atoms with van der Waals surface area (Å²) in [6.07, 6.45) is 5.05. The van der Waals surface area contributed by atoms with Gasteiger partial charge in [0.2, 0.25) is 0 Å². The van der Waals surface area contributed by atoms with Gasteiger partial charge in [-0.2, -0.15) is 0 Å². The number of hydrogen-bond acceptors (Lipinski definition) is 2. The first-order chi connectivity index (χ1) is 6.25. The lowest BCUT2D eigenvalue weighted by molar-refractivity contribution is 0.0696. The Labute approximate surface area is 84.2 Å². The molecular weight excluding hydrogens is 234 g/mol. The first-order valence-electron chi connectivity index (χ1n) is 3.66. The number of alkyl halides is 1. The van der Waals surface area contributed by atoms with Gasteiger partial charge in [0.1, 0.15) is 0 Å². The minimum atomic E-state index is -0.956. The Morgan fingerprint density at radius 3 is 3.08 bits per heavy atom. The number of aromatic nitrogens is 1. The van der Waals surface area contributed by atoms with Crippen molar-refractivity contribution in [3.8, 4) is 0 Å². The van der Waals surface area contributed by atoms with Crippen molar-refractivity contribution < 1.29 is 9.90 Å². The molecule has 1 N–H and O–H groups in total. The number of aromatic carboxylic acids is 1. The van der Waals surface area contributed by atoms with Crippen molar-refractivity contribution in [3.05, 3.63) is 35.7 Å². The second kappa shape index (κ2) is 4.77. The molecule has 4 heteroatoms. The molecule has 0 aliphatic carbocycles. The summed E-state index contributed by atoms with van der Waals surface area (Å²) in [5.41, 5.74) is 0.703. The molecule has 1 aromatic rings. The molecule has 13 heavy (non-hydrogen) atoms. The van der Waals surface area contributed by atoms with Crippen LogP contribution in [0, 0.1) is 0 Å². The lowest BCUT2D eigenvalue weighted by atomic mass is 10.2. The molecule has 0 bridgehead atoms. The van der Waals surface area contributed by atoms with Crippen molar-refractivity contribution in [1.82, 2.24) is 4.98 Å². The minimum Gasteiger partial charge on any atom is -0.478 e. The molecule has 1 rings (SSSR count). The summed E-state index contributed by atoms with van der Waals surface area (Å²) < 4.78 is 0. The molecule has 0 spiro atoms. The lowest BCUT2D eigenvalue weighted by Crippen LogP contribution is -2.00. The number of nitrogens with zero attached hydrogens (tertiary/aromatic N) is 1. The molecule has 0 aliphatic rings. The zero-order chi connectivity index (χ0) is 9.68. The maximum Gasteiger partial charge on any atom is 0.337 e. The minimum absolute atomic E-state index is 0.222. The van der Waals surface area contributed by atoms with E-state index in [1.807, 2.05) is 0 Å². The Morgan fingerprint density at radius 2 is 2.46 bits per heavy atom. The number of carboxylic acid groups (broad SMARTS) is 1. The highest BCUT2D eigenvalue weighted by Gasteiger charge is 2.06. The number of carboxylic acids is 1. The summed E-state index contributed by atoms with van der Waals surface area (Å²) in [5, 5.41) is 9.46. The highest BCUT2D eigenvalue weighted by molar-refractivity contribution is 9.09. The molecule has 1 aromatic heterocycles. The Morgan fingerprint density at radius 1 is 1.69 bits per heavy atom. The van der Waals surface area contributed by atoms with Crippen LogP contribution < -0.4 is 0 Å². The van der Waals surface area contributed by atoms with Crippen molar-refractivity contribution in [2.45, 2.75) is 0 Å². The van der Waals surface area contributed by atoms with E-state index in [1.54, 1.807) is 24.4 Å². The Balaban J connectivity index is 3.05. The number of pyridine rings is 1. The Hall–Kier alpha value is -1.16. The fourth-order valence-corrected chi connectivity index (χ4v) is 1.07. The standard InChI is InChI=1S/C9H8BrNO2/c10-5-1-4-8-7(9(12)13)3-2-6-11-8/h1-4,6H,5H2,(H,12,13). The topological polar surface area (TPSA) is 50.2 Å². The van der Waals surface area contributed by atoms with Gasteiger partial charge in [-0.05, 0) is 18.2 Å². The van der Waals surface area contributed by atoms with Gasteiger partial charge in [0, 0.05) is 11.5 Å². The highest BCUT2D eigenvalue weighted by atomic mass is 79.9. The molecule has 0 amide bonds. The van der Waals surface area contributed by atoms with Gasteiger partial charge in [-0.1, -0.05) is 22.0 Å². The van der Waals surface area contributed by atoms with Gasteiger partial charge < -0.3 is 5.11 Å². The van der Waals surface area contributed by atoms with Crippen molar-refractivity contribution in [3.63, 3.8) is 0 Å². The maximum absolute atomic E-state index is 10.7. The predicted octanol–water partition coefficient (Wildman–Crippen LogP) is 2.19. The van der Waals surface area contributed by atoms with Gasteiger partial charge in [0.25, 0.3) is 0 Å². The van der Waals surface area contributed by atoms with Gasteiger partial charge in [-0.25, -0.2) is 4.79 Å². The van der Waals surface area contributed by atoms with Crippen LogP contribution in [0.5, 0.6) is 0 Å². The molecule has 0 radical (unpaired) electrons. The fourth-order valence-electron chi connectivity index (χ4n) is 0.887. The van der Waals surface area contributed by atoms with Crippen LogP contribution in [0.15, 0.2) is 24.4 Å². The predicted molar refractivity (Wildman–Crippen MR) is 54.0 cm³/mol. The van der Waals surface area contributed by atoms with Crippen LogP contribution in [0.1, 0.15) is 16.1 Å². The van der Waals surface area contributed by atoms with Gasteiger partial charge in [-0.3, -0.25) is 4.98 Å². The van der Waals surface area contributed by atoms with Crippen molar-refractivity contribution >= 4 is 28.0 Å². The molecule has 0 aliphatic heterocycles. The summed E-state index contributed by atoms with van der Waals surface area (Å²) in [4.78, 5) is 14.6. The van der Waals surface area contributed by atoms with E-state index in [2.05, 4.69) is 20.9 Å². The van der Waals surface area contributed by atoms with Gasteiger partial charge in [0.05, 0.1) is 11.3 Å². The molecule has 3 nitrogen and oxygen atoms in total. The third-order valence-corrected chi connectivity index (χ3v) is 1.81. The average molecular weight is 242 g/mol. The molecule has 0 atom stereocenters. The Bertz CT molecular complexity index is 336. The van der Waals surface area contributed by atoms with Crippen LogP contribution in [-0.4, -0.2) is 21.4 Å². The number of carbonyl (C=O) groups is 1. The molecule has 0 unspecified atom stereocenters. The average Bonchev–Trinajstić information content (AvgIpc) is 2.15. The molecule has 0 aromatic carbocycles. The molecule has 1 heterocycles. The first kappa shape index (κ1) is 9.92. The van der Waals surface area contributed by atoms with E-state index in [-0.39, 0.29) is 5.56 Å². The van der Waals surface area contributed by atoms with Crippen LogP contribution in [0.25, 0.3) is 6.08 Å². The summed E-state index contributed by atoms with van der Waals surface area (Å²) in [6.45, 7) is 0. The number of hydrogen-bond donors (Lipinski definition) is 1. The molecule has 0 saturated heterocycles. The summed E-state index contributed by atoms with van der Waals surface area (Å²) >= 11 is 3.21. The smallest absolute Gasteiger partial charge is 0.337 e. The van der Waals surface area contributed by atoms with Gasteiger partial charge >= 0.3 is 5.97 Å². The number of rotatable bonds is 3. The van der Waals surface area contributed by atoms with E-state index in [1.165, 1.54) is 6.07 Å². The van der Waals surface area contributed by atoms with Crippen molar-refractivity contribution in [2.24, 2.45) is 0 Å². The molecule has 68 valence electrons. The van der Waals surface area contributed by atoms with E-state index in [4.69, 9.17) is 5.11 Å². The molecule has 0 saturated carbocycles. The highest BCUT2D eigenvalue weighted by Crippen LogP contribution is 2.07. The molecular formula is C9H8BrNO2. The lowest BCUT2D eigenvalue weighted by Gasteiger charge is -1.97. The van der Waals surface area contributed by atoms with E-state index >= 15 is 0 Å². The molecule has 0 fully saturated rings. The van der Waals surface area contributed by atoms with E-state index in [9.17, 15) is 4.79 Å². The normalized spacial score (nSPS) is 10.5. The first-order valence-corrected chi connectivity index (χ1v) is 4.78. The third-order valence-electron chi connectivity index (χ3n) is 1.43.